The van der Waals surface area contributed by atoms with Crippen molar-refractivity contribution in [2.75, 3.05) is 5.32 Å². The van der Waals surface area contributed by atoms with E-state index in [4.69, 9.17) is 33.2 Å². The maximum absolute atomic E-state index is 12.3. The second kappa shape index (κ2) is 9.47. The van der Waals surface area contributed by atoms with Crippen molar-refractivity contribution in [3.05, 3.63) is 81.0 Å². The SMILES string of the molecule is Cc1cc(NC(=O)NC(=O)c2ccc(Cl)cc2)c(C)c(Cl)c1Oc1ccc(C#N)cn1. The fourth-order valence-corrected chi connectivity index (χ4v) is 3.06. The monoisotopic (exact) mass is 454 g/mol. The maximum atomic E-state index is 12.3. The molecule has 3 rings (SSSR count). The topological polar surface area (TPSA) is 104 Å². The van der Waals surface area contributed by atoms with E-state index in [0.717, 1.165) is 0 Å². The standard InChI is InChI=1S/C22H16Cl2N4O3/c1-12-9-17(27-22(30)28-21(29)15-4-6-16(23)7-5-15)13(2)19(24)20(12)31-18-8-3-14(10-25)11-26-18/h3-9,11H,1-2H3,(H2,27,28,29,30). The molecule has 0 atom stereocenters. The van der Waals surface area contributed by atoms with Gasteiger partial charge in [-0.05, 0) is 61.4 Å². The molecule has 7 nitrogen and oxygen atoms in total. The van der Waals surface area contributed by atoms with E-state index in [1.54, 1.807) is 44.2 Å². The lowest BCUT2D eigenvalue weighted by molar-refractivity contribution is 0.0967. The summed E-state index contributed by atoms with van der Waals surface area (Å²) in [5, 5.41) is 14.5. The van der Waals surface area contributed by atoms with Gasteiger partial charge in [0.25, 0.3) is 5.91 Å². The Balaban J connectivity index is 1.74. The summed E-state index contributed by atoms with van der Waals surface area (Å²) in [4.78, 5) is 28.6. The molecule has 1 heterocycles. The van der Waals surface area contributed by atoms with Crippen LogP contribution in [-0.4, -0.2) is 16.9 Å². The maximum Gasteiger partial charge on any atom is 0.326 e. The highest BCUT2D eigenvalue weighted by atomic mass is 35.5. The van der Waals surface area contributed by atoms with Crippen molar-refractivity contribution >= 4 is 40.8 Å². The summed E-state index contributed by atoms with van der Waals surface area (Å²) in [5.74, 6) is 0.0801. The summed E-state index contributed by atoms with van der Waals surface area (Å²) in [5.41, 5.74) is 2.31. The van der Waals surface area contributed by atoms with Crippen molar-refractivity contribution in [3.8, 4) is 17.7 Å². The number of carbonyl (C=O) groups is 2. The molecule has 0 saturated heterocycles. The van der Waals surface area contributed by atoms with Gasteiger partial charge in [0.1, 0.15) is 6.07 Å². The second-order valence-corrected chi connectivity index (χ2v) is 7.34. The van der Waals surface area contributed by atoms with Gasteiger partial charge in [0.2, 0.25) is 5.88 Å². The summed E-state index contributed by atoms with van der Waals surface area (Å²) in [6, 6.07) is 12.2. The minimum atomic E-state index is -0.707. The number of hydrogen-bond donors (Lipinski definition) is 2. The van der Waals surface area contributed by atoms with Crippen molar-refractivity contribution in [2.24, 2.45) is 0 Å². The number of benzene rings is 2. The minimum Gasteiger partial charge on any atom is -0.437 e. The average molecular weight is 455 g/mol. The van der Waals surface area contributed by atoms with E-state index >= 15 is 0 Å². The fourth-order valence-electron chi connectivity index (χ4n) is 2.65. The molecule has 3 amide bonds. The molecular formula is C22H16Cl2N4O3. The zero-order chi connectivity index (χ0) is 22.5. The molecule has 0 radical (unpaired) electrons. The summed E-state index contributed by atoms with van der Waals surface area (Å²) in [6.45, 7) is 3.46. The van der Waals surface area contributed by atoms with Crippen LogP contribution in [0.5, 0.6) is 11.6 Å². The van der Waals surface area contributed by atoms with Gasteiger partial charge in [-0.15, -0.1) is 0 Å². The van der Waals surface area contributed by atoms with Gasteiger partial charge in [-0.25, -0.2) is 9.78 Å². The zero-order valence-corrected chi connectivity index (χ0v) is 18.0. The Morgan fingerprint density at radius 1 is 1.10 bits per heavy atom. The number of rotatable bonds is 4. The van der Waals surface area contributed by atoms with Gasteiger partial charge in [-0.2, -0.15) is 5.26 Å². The fraction of sp³-hybridized carbons (Fsp3) is 0.0909. The number of nitriles is 1. The molecule has 0 aliphatic carbocycles. The third kappa shape index (κ3) is 5.31. The minimum absolute atomic E-state index is 0.274. The van der Waals surface area contributed by atoms with Gasteiger partial charge in [-0.3, -0.25) is 10.1 Å². The molecular weight excluding hydrogens is 439 g/mol. The van der Waals surface area contributed by atoms with Crippen LogP contribution in [0.2, 0.25) is 10.0 Å². The van der Waals surface area contributed by atoms with E-state index in [9.17, 15) is 9.59 Å². The van der Waals surface area contributed by atoms with E-state index < -0.39 is 11.9 Å². The van der Waals surface area contributed by atoms with Gasteiger partial charge >= 0.3 is 6.03 Å². The van der Waals surface area contributed by atoms with Gasteiger partial charge in [0, 0.05) is 28.5 Å². The molecule has 0 bridgehead atoms. The van der Waals surface area contributed by atoms with Crippen molar-refractivity contribution in [2.45, 2.75) is 13.8 Å². The van der Waals surface area contributed by atoms with Gasteiger partial charge in [0.15, 0.2) is 5.75 Å². The molecule has 1 aromatic heterocycles. The third-order valence-electron chi connectivity index (χ3n) is 4.31. The van der Waals surface area contributed by atoms with E-state index in [1.165, 1.54) is 18.3 Å². The number of nitrogens with zero attached hydrogens (tertiary/aromatic N) is 2. The highest BCUT2D eigenvalue weighted by Crippen LogP contribution is 2.38. The quantitative estimate of drug-likeness (QED) is 0.531. The number of anilines is 1. The van der Waals surface area contributed by atoms with Crippen LogP contribution in [0.1, 0.15) is 27.0 Å². The molecule has 0 fully saturated rings. The van der Waals surface area contributed by atoms with Crippen LogP contribution in [0, 0.1) is 25.2 Å². The first kappa shape index (κ1) is 22.1. The number of amides is 3. The largest absolute Gasteiger partial charge is 0.437 e. The highest BCUT2D eigenvalue weighted by Gasteiger charge is 2.17. The molecule has 0 spiro atoms. The second-order valence-electron chi connectivity index (χ2n) is 6.52. The normalized spacial score (nSPS) is 10.2. The lowest BCUT2D eigenvalue weighted by Gasteiger charge is -2.16. The zero-order valence-electron chi connectivity index (χ0n) is 16.5. The average Bonchev–Trinajstić information content (AvgIpc) is 2.75. The van der Waals surface area contributed by atoms with Crippen LogP contribution in [0.4, 0.5) is 10.5 Å². The van der Waals surface area contributed by atoms with Crippen LogP contribution in [0.3, 0.4) is 0 Å². The number of carbonyl (C=O) groups excluding carboxylic acids is 2. The van der Waals surface area contributed by atoms with Crippen LogP contribution in [-0.2, 0) is 0 Å². The van der Waals surface area contributed by atoms with Gasteiger partial charge < -0.3 is 10.1 Å². The van der Waals surface area contributed by atoms with Gasteiger partial charge in [-0.1, -0.05) is 23.2 Å². The van der Waals surface area contributed by atoms with Crippen molar-refractivity contribution in [1.82, 2.24) is 10.3 Å². The van der Waals surface area contributed by atoms with E-state index in [0.29, 0.717) is 38.7 Å². The molecule has 2 N–H and O–H groups in total. The highest BCUT2D eigenvalue weighted by molar-refractivity contribution is 6.33. The van der Waals surface area contributed by atoms with Crippen molar-refractivity contribution in [3.63, 3.8) is 0 Å². The molecule has 3 aromatic rings. The number of imide groups is 1. The molecule has 0 saturated carbocycles. The van der Waals surface area contributed by atoms with Crippen LogP contribution in [0.15, 0.2) is 48.7 Å². The molecule has 2 aromatic carbocycles. The summed E-state index contributed by atoms with van der Waals surface area (Å²) >= 11 is 12.3. The summed E-state index contributed by atoms with van der Waals surface area (Å²) in [7, 11) is 0. The molecule has 9 heteroatoms. The predicted molar refractivity (Wildman–Crippen MR) is 118 cm³/mol. The van der Waals surface area contributed by atoms with E-state index in [1.807, 2.05) is 6.07 Å². The first-order valence-electron chi connectivity index (χ1n) is 9.00. The Morgan fingerprint density at radius 2 is 1.81 bits per heavy atom. The number of aryl methyl sites for hydroxylation is 1. The Bertz CT molecular complexity index is 1190. The van der Waals surface area contributed by atoms with E-state index in [2.05, 4.69) is 15.6 Å². The lowest BCUT2D eigenvalue weighted by atomic mass is 10.1. The Morgan fingerprint density at radius 3 is 2.42 bits per heavy atom. The lowest BCUT2D eigenvalue weighted by Crippen LogP contribution is -2.34. The number of halogens is 2. The summed E-state index contributed by atoms with van der Waals surface area (Å²) < 4.78 is 5.77. The summed E-state index contributed by atoms with van der Waals surface area (Å²) in [6.07, 6.45) is 1.39. The Labute approximate surface area is 188 Å². The Hall–Kier alpha value is -3.60. The molecule has 0 unspecified atom stereocenters. The number of ether oxygens (including phenoxy) is 1. The number of pyridine rings is 1. The molecule has 31 heavy (non-hydrogen) atoms. The predicted octanol–water partition coefficient (Wildman–Crippen LogP) is 5.63. The van der Waals surface area contributed by atoms with Crippen molar-refractivity contribution in [1.29, 1.82) is 5.26 Å². The van der Waals surface area contributed by atoms with Gasteiger partial charge in [0.05, 0.1) is 10.6 Å². The van der Waals surface area contributed by atoms with E-state index in [-0.39, 0.29) is 10.9 Å². The third-order valence-corrected chi connectivity index (χ3v) is 5.01. The van der Waals surface area contributed by atoms with Crippen LogP contribution < -0.4 is 15.4 Å². The van der Waals surface area contributed by atoms with Crippen LogP contribution >= 0.6 is 23.2 Å². The van der Waals surface area contributed by atoms with Crippen LogP contribution in [0.25, 0.3) is 0 Å². The number of nitrogens with one attached hydrogen (secondary N) is 2. The molecule has 0 aliphatic rings. The first-order valence-corrected chi connectivity index (χ1v) is 9.75. The first-order chi connectivity index (χ1) is 14.8. The number of urea groups is 1. The Kier molecular flexibility index (Phi) is 6.75. The van der Waals surface area contributed by atoms with Crippen molar-refractivity contribution < 1.29 is 14.3 Å². The number of hydrogen-bond acceptors (Lipinski definition) is 5. The number of aromatic nitrogens is 1. The molecule has 0 aliphatic heterocycles. The molecule has 156 valence electrons. The smallest absolute Gasteiger partial charge is 0.326 e.